The fourth-order valence-corrected chi connectivity index (χ4v) is 3.23. The second-order valence-corrected chi connectivity index (χ2v) is 5.60. The molecule has 0 spiro atoms. The van der Waals surface area contributed by atoms with Crippen LogP contribution in [0.1, 0.15) is 44.9 Å². The highest BCUT2D eigenvalue weighted by Gasteiger charge is 2.27. The molecule has 3 atom stereocenters. The van der Waals surface area contributed by atoms with Crippen molar-refractivity contribution in [3.05, 3.63) is 0 Å². The average Bonchev–Trinajstić information content (AvgIpc) is 2.74. The van der Waals surface area contributed by atoms with Gasteiger partial charge in [0.05, 0.1) is 12.2 Å². The molecule has 3 N–H and O–H groups in total. The monoisotopic (exact) mass is 227 g/mol. The number of piperidine rings is 1. The molecule has 0 amide bonds. The van der Waals surface area contributed by atoms with Gasteiger partial charge in [0.15, 0.2) is 0 Å². The van der Waals surface area contributed by atoms with E-state index in [2.05, 4.69) is 5.32 Å². The largest absolute Gasteiger partial charge is 0.393 e. The van der Waals surface area contributed by atoms with Gasteiger partial charge < -0.3 is 15.5 Å². The first kappa shape index (κ1) is 12.3. The second-order valence-electron chi connectivity index (χ2n) is 5.60. The molecule has 0 aromatic heterocycles. The molecule has 1 aliphatic heterocycles. The van der Waals surface area contributed by atoms with Crippen LogP contribution in [0.5, 0.6) is 0 Å². The van der Waals surface area contributed by atoms with Crippen LogP contribution in [0, 0.1) is 11.8 Å². The molecule has 0 radical (unpaired) electrons. The maximum absolute atomic E-state index is 10.0. The molecule has 3 heteroatoms. The summed E-state index contributed by atoms with van der Waals surface area (Å²) in [6.45, 7) is 1.78. The Labute approximate surface area is 98.2 Å². The zero-order chi connectivity index (χ0) is 11.4. The topological polar surface area (TPSA) is 52.5 Å². The minimum atomic E-state index is -0.209. The van der Waals surface area contributed by atoms with E-state index in [-0.39, 0.29) is 18.1 Å². The summed E-state index contributed by atoms with van der Waals surface area (Å²) in [6.07, 6.45) is 7.40. The van der Waals surface area contributed by atoms with Crippen molar-refractivity contribution < 1.29 is 10.2 Å². The van der Waals surface area contributed by atoms with Crippen LogP contribution in [-0.2, 0) is 0 Å². The molecule has 2 aliphatic rings. The van der Waals surface area contributed by atoms with E-state index in [4.69, 9.17) is 0 Å². The first-order chi connectivity index (χ1) is 7.75. The Kier molecular flexibility index (Phi) is 4.62. The maximum atomic E-state index is 10.0. The van der Waals surface area contributed by atoms with Crippen molar-refractivity contribution in [1.29, 1.82) is 0 Å². The maximum Gasteiger partial charge on any atom is 0.0593 e. The van der Waals surface area contributed by atoms with Gasteiger partial charge in [-0.25, -0.2) is 0 Å². The van der Waals surface area contributed by atoms with E-state index in [1.165, 1.54) is 25.7 Å². The lowest BCUT2D eigenvalue weighted by atomic mass is 9.87. The number of aliphatic hydroxyl groups is 2. The lowest BCUT2D eigenvalue weighted by Gasteiger charge is -2.30. The normalized spacial score (nSPS) is 34.1. The van der Waals surface area contributed by atoms with Crippen LogP contribution in [-0.4, -0.2) is 35.5 Å². The van der Waals surface area contributed by atoms with E-state index in [9.17, 15) is 10.2 Å². The molecule has 16 heavy (non-hydrogen) atoms. The van der Waals surface area contributed by atoms with Crippen molar-refractivity contribution >= 4 is 0 Å². The molecular formula is C13H25NO2. The smallest absolute Gasteiger partial charge is 0.0593 e. The van der Waals surface area contributed by atoms with Crippen LogP contribution in [0.4, 0.5) is 0 Å². The fourth-order valence-electron chi connectivity index (χ4n) is 3.23. The number of hydrogen-bond donors (Lipinski definition) is 3. The van der Waals surface area contributed by atoms with Crippen LogP contribution < -0.4 is 5.32 Å². The Balaban J connectivity index is 1.70. The van der Waals surface area contributed by atoms with Gasteiger partial charge in [-0.05, 0) is 37.6 Å². The van der Waals surface area contributed by atoms with E-state index < -0.39 is 0 Å². The Morgan fingerprint density at radius 1 is 1.12 bits per heavy atom. The number of hydrogen-bond acceptors (Lipinski definition) is 3. The molecular weight excluding hydrogens is 202 g/mol. The summed E-state index contributed by atoms with van der Waals surface area (Å²) >= 11 is 0. The van der Waals surface area contributed by atoms with E-state index in [0.29, 0.717) is 0 Å². The zero-order valence-corrected chi connectivity index (χ0v) is 10.1. The predicted molar refractivity (Wildman–Crippen MR) is 64.2 cm³/mol. The van der Waals surface area contributed by atoms with Crippen molar-refractivity contribution in [3.8, 4) is 0 Å². The Morgan fingerprint density at radius 2 is 1.88 bits per heavy atom. The molecule has 0 aromatic rings. The van der Waals surface area contributed by atoms with Crippen molar-refractivity contribution in [2.45, 2.75) is 57.2 Å². The second kappa shape index (κ2) is 5.99. The molecule has 1 heterocycles. The summed E-state index contributed by atoms with van der Waals surface area (Å²) in [4.78, 5) is 0. The summed E-state index contributed by atoms with van der Waals surface area (Å²) in [5, 5.41) is 23.2. The quantitative estimate of drug-likeness (QED) is 0.678. The zero-order valence-electron chi connectivity index (χ0n) is 10.1. The third-order valence-electron chi connectivity index (χ3n) is 4.22. The van der Waals surface area contributed by atoms with Crippen LogP contribution in [0.15, 0.2) is 0 Å². The third kappa shape index (κ3) is 3.44. The molecule has 2 rings (SSSR count). The standard InChI is InChI=1S/C13H25NO2/c15-12(7-10-3-1-2-4-10)8-11-9-14-6-5-13(11)16/h10-16H,1-9H2. The van der Waals surface area contributed by atoms with Crippen molar-refractivity contribution in [2.75, 3.05) is 13.1 Å². The van der Waals surface area contributed by atoms with Crippen molar-refractivity contribution in [1.82, 2.24) is 5.32 Å². The Morgan fingerprint density at radius 3 is 2.56 bits per heavy atom. The minimum absolute atomic E-state index is 0.206. The van der Waals surface area contributed by atoms with Gasteiger partial charge in [-0.2, -0.15) is 0 Å². The first-order valence-electron chi connectivity index (χ1n) is 6.82. The molecule has 94 valence electrons. The molecule has 1 aliphatic carbocycles. The van der Waals surface area contributed by atoms with Gasteiger partial charge >= 0.3 is 0 Å². The van der Waals surface area contributed by atoms with Gasteiger partial charge in [0.1, 0.15) is 0 Å². The highest BCUT2D eigenvalue weighted by molar-refractivity contribution is 4.81. The lowest BCUT2D eigenvalue weighted by molar-refractivity contribution is 0.0344. The van der Waals surface area contributed by atoms with Crippen LogP contribution >= 0.6 is 0 Å². The Hall–Kier alpha value is -0.120. The molecule has 3 nitrogen and oxygen atoms in total. The van der Waals surface area contributed by atoms with E-state index in [1.54, 1.807) is 0 Å². The number of nitrogens with one attached hydrogen (secondary N) is 1. The minimum Gasteiger partial charge on any atom is -0.393 e. The fraction of sp³-hybridized carbons (Fsp3) is 1.00. The van der Waals surface area contributed by atoms with Gasteiger partial charge in [0.2, 0.25) is 0 Å². The van der Waals surface area contributed by atoms with Crippen LogP contribution in [0.3, 0.4) is 0 Å². The molecule has 1 saturated carbocycles. The summed E-state index contributed by atoms with van der Waals surface area (Å²) < 4.78 is 0. The SMILES string of the molecule is OC(CC1CCCC1)CC1CNCCC1O. The summed E-state index contributed by atoms with van der Waals surface area (Å²) in [6, 6.07) is 0. The number of aliphatic hydroxyl groups excluding tert-OH is 2. The van der Waals surface area contributed by atoms with E-state index >= 15 is 0 Å². The van der Waals surface area contributed by atoms with Crippen LogP contribution in [0.2, 0.25) is 0 Å². The van der Waals surface area contributed by atoms with Crippen molar-refractivity contribution in [2.24, 2.45) is 11.8 Å². The van der Waals surface area contributed by atoms with Gasteiger partial charge in [0, 0.05) is 6.54 Å². The summed E-state index contributed by atoms with van der Waals surface area (Å²) in [5.41, 5.74) is 0. The summed E-state index contributed by atoms with van der Waals surface area (Å²) in [7, 11) is 0. The predicted octanol–water partition coefficient (Wildman–Crippen LogP) is 1.29. The lowest BCUT2D eigenvalue weighted by Crippen LogP contribution is -2.41. The highest BCUT2D eigenvalue weighted by Crippen LogP contribution is 2.30. The third-order valence-corrected chi connectivity index (χ3v) is 4.22. The van der Waals surface area contributed by atoms with Gasteiger partial charge in [-0.15, -0.1) is 0 Å². The molecule has 0 bridgehead atoms. The van der Waals surface area contributed by atoms with E-state index in [1.807, 2.05) is 0 Å². The first-order valence-corrected chi connectivity index (χ1v) is 6.82. The molecule has 2 fully saturated rings. The van der Waals surface area contributed by atoms with Gasteiger partial charge in [-0.3, -0.25) is 0 Å². The van der Waals surface area contributed by atoms with E-state index in [0.717, 1.165) is 38.3 Å². The average molecular weight is 227 g/mol. The Bertz CT molecular complexity index is 204. The molecule has 0 aromatic carbocycles. The summed E-state index contributed by atoms with van der Waals surface area (Å²) in [5.74, 6) is 0.994. The van der Waals surface area contributed by atoms with Crippen molar-refractivity contribution in [3.63, 3.8) is 0 Å². The van der Waals surface area contributed by atoms with Gasteiger partial charge in [-0.1, -0.05) is 25.7 Å². The molecule has 1 saturated heterocycles. The van der Waals surface area contributed by atoms with Gasteiger partial charge in [0.25, 0.3) is 0 Å². The highest BCUT2D eigenvalue weighted by atomic mass is 16.3. The molecule has 3 unspecified atom stereocenters. The van der Waals surface area contributed by atoms with Crippen LogP contribution in [0.25, 0.3) is 0 Å². The number of rotatable bonds is 4.